The summed E-state index contributed by atoms with van der Waals surface area (Å²) in [6.07, 6.45) is 0. The highest BCUT2D eigenvalue weighted by Gasteiger charge is 2.10. The number of carboxylic acids is 1. The highest BCUT2D eigenvalue weighted by Crippen LogP contribution is 2.28. The van der Waals surface area contributed by atoms with Crippen molar-refractivity contribution < 1.29 is 14.6 Å². The summed E-state index contributed by atoms with van der Waals surface area (Å²) < 4.78 is 6.72. The zero-order valence-corrected chi connectivity index (χ0v) is 17.5. The van der Waals surface area contributed by atoms with E-state index in [1.54, 1.807) is 19.1 Å². The first-order valence-electron chi connectivity index (χ1n) is 8.66. The SMILES string of the molecule is Cc1c(NCc2ccc(OCc3ccc(Cl)cc3)c(Br)c2)cccc1C(=O)O. The van der Waals surface area contributed by atoms with E-state index in [1.165, 1.54) is 0 Å². The van der Waals surface area contributed by atoms with Crippen LogP contribution in [0.3, 0.4) is 0 Å². The van der Waals surface area contributed by atoms with Gasteiger partial charge in [-0.1, -0.05) is 35.9 Å². The van der Waals surface area contributed by atoms with Gasteiger partial charge in [0.25, 0.3) is 0 Å². The van der Waals surface area contributed by atoms with Gasteiger partial charge >= 0.3 is 5.97 Å². The van der Waals surface area contributed by atoms with Gasteiger partial charge in [0.15, 0.2) is 0 Å². The highest BCUT2D eigenvalue weighted by atomic mass is 79.9. The van der Waals surface area contributed by atoms with E-state index in [2.05, 4.69) is 21.2 Å². The molecular weight excluding hydrogens is 442 g/mol. The van der Waals surface area contributed by atoms with Crippen LogP contribution in [0.2, 0.25) is 5.02 Å². The molecule has 144 valence electrons. The summed E-state index contributed by atoms with van der Waals surface area (Å²) in [5.74, 6) is -0.172. The topological polar surface area (TPSA) is 58.6 Å². The van der Waals surface area contributed by atoms with Crippen molar-refractivity contribution in [2.75, 3.05) is 5.32 Å². The van der Waals surface area contributed by atoms with Crippen LogP contribution in [0.5, 0.6) is 5.75 Å². The predicted molar refractivity (Wildman–Crippen MR) is 115 cm³/mol. The van der Waals surface area contributed by atoms with Gasteiger partial charge in [0.2, 0.25) is 0 Å². The normalized spacial score (nSPS) is 10.5. The molecule has 3 aromatic rings. The molecule has 0 radical (unpaired) electrons. The van der Waals surface area contributed by atoms with Gasteiger partial charge in [-0.3, -0.25) is 0 Å². The van der Waals surface area contributed by atoms with E-state index in [9.17, 15) is 9.90 Å². The largest absolute Gasteiger partial charge is 0.488 e. The number of aromatic carboxylic acids is 1. The lowest BCUT2D eigenvalue weighted by atomic mass is 10.1. The molecule has 0 aromatic heterocycles. The summed E-state index contributed by atoms with van der Waals surface area (Å²) >= 11 is 9.45. The van der Waals surface area contributed by atoms with E-state index < -0.39 is 5.97 Å². The number of benzene rings is 3. The van der Waals surface area contributed by atoms with Gasteiger partial charge in [-0.2, -0.15) is 0 Å². The molecule has 3 rings (SSSR count). The molecule has 0 atom stereocenters. The Balaban J connectivity index is 1.63. The van der Waals surface area contributed by atoms with Crippen LogP contribution in [0.1, 0.15) is 27.0 Å². The molecular formula is C22H19BrClNO3. The van der Waals surface area contributed by atoms with Crippen molar-refractivity contribution in [1.29, 1.82) is 0 Å². The molecule has 0 aliphatic heterocycles. The number of carboxylic acid groups (broad SMARTS) is 1. The van der Waals surface area contributed by atoms with Gasteiger partial charge in [0.05, 0.1) is 10.0 Å². The van der Waals surface area contributed by atoms with E-state index in [1.807, 2.05) is 48.5 Å². The second kappa shape index (κ2) is 9.13. The summed E-state index contributed by atoms with van der Waals surface area (Å²) in [5.41, 5.74) is 3.91. The van der Waals surface area contributed by atoms with Gasteiger partial charge in [0.1, 0.15) is 12.4 Å². The minimum atomic E-state index is -0.925. The molecule has 0 fully saturated rings. The maximum Gasteiger partial charge on any atom is 0.336 e. The fraction of sp³-hybridized carbons (Fsp3) is 0.136. The minimum Gasteiger partial charge on any atom is -0.488 e. The fourth-order valence-electron chi connectivity index (χ4n) is 2.77. The molecule has 0 unspecified atom stereocenters. The quantitative estimate of drug-likeness (QED) is 0.434. The van der Waals surface area contributed by atoms with E-state index >= 15 is 0 Å². The second-order valence-corrected chi connectivity index (χ2v) is 7.61. The van der Waals surface area contributed by atoms with Crippen LogP contribution in [0, 0.1) is 6.92 Å². The third kappa shape index (κ3) is 5.06. The van der Waals surface area contributed by atoms with Crippen LogP contribution in [-0.2, 0) is 13.2 Å². The number of nitrogens with one attached hydrogen (secondary N) is 1. The maximum atomic E-state index is 11.3. The van der Waals surface area contributed by atoms with E-state index in [0.717, 1.165) is 32.6 Å². The number of hydrogen-bond donors (Lipinski definition) is 2. The lowest BCUT2D eigenvalue weighted by Crippen LogP contribution is -2.06. The van der Waals surface area contributed by atoms with E-state index in [4.69, 9.17) is 16.3 Å². The number of hydrogen-bond acceptors (Lipinski definition) is 3. The standard InChI is InChI=1S/C22H19BrClNO3/c1-14-18(22(26)27)3-2-4-20(14)25-12-16-7-10-21(19(23)11-16)28-13-15-5-8-17(24)9-6-15/h2-11,25H,12-13H2,1H3,(H,26,27). The zero-order chi connectivity index (χ0) is 20.1. The first kappa shape index (κ1) is 20.2. The monoisotopic (exact) mass is 459 g/mol. The molecule has 3 aromatic carbocycles. The Hall–Kier alpha value is -2.50. The van der Waals surface area contributed by atoms with E-state index in [-0.39, 0.29) is 0 Å². The van der Waals surface area contributed by atoms with Crippen molar-refractivity contribution in [3.05, 3.63) is 92.4 Å². The predicted octanol–water partition coefficient (Wildman–Crippen LogP) is 6.30. The van der Waals surface area contributed by atoms with Crippen LogP contribution in [-0.4, -0.2) is 11.1 Å². The number of halogens is 2. The molecule has 4 nitrogen and oxygen atoms in total. The smallest absolute Gasteiger partial charge is 0.336 e. The molecule has 0 bridgehead atoms. The fourth-order valence-corrected chi connectivity index (χ4v) is 3.44. The number of rotatable bonds is 7. The average molecular weight is 461 g/mol. The lowest BCUT2D eigenvalue weighted by molar-refractivity contribution is 0.0696. The zero-order valence-electron chi connectivity index (χ0n) is 15.2. The Bertz CT molecular complexity index is 990. The van der Waals surface area contributed by atoms with E-state index in [0.29, 0.717) is 23.7 Å². The molecule has 0 heterocycles. The lowest BCUT2D eigenvalue weighted by Gasteiger charge is -2.13. The molecule has 0 saturated carbocycles. The van der Waals surface area contributed by atoms with Gasteiger partial charge in [-0.25, -0.2) is 4.79 Å². The highest BCUT2D eigenvalue weighted by molar-refractivity contribution is 9.10. The number of carbonyl (C=O) groups is 1. The maximum absolute atomic E-state index is 11.3. The van der Waals surface area contributed by atoms with Crippen molar-refractivity contribution in [1.82, 2.24) is 0 Å². The summed E-state index contributed by atoms with van der Waals surface area (Å²) in [7, 11) is 0. The van der Waals surface area contributed by atoms with Crippen molar-refractivity contribution in [3.8, 4) is 5.75 Å². The second-order valence-electron chi connectivity index (χ2n) is 6.32. The van der Waals surface area contributed by atoms with Crippen molar-refractivity contribution >= 4 is 39.2 Å². The van der Waals surface area contributed by atoms with Gasteiger partial charge < -0.3 is 15.2 Å². The summed E-state index contributed by atoms with van der Waals surface area (Å²) in [6.45, 7) is 2.82. The van der Waals surface area contributed by atoms with Crippen LogP contribution in [0.15, 0.2) is 65.1 Å². The summed E-state index contributed by atoms with van der Waals surface area (Å²) in [4.78, 5) is 11.3. The van der Waals surface area contributed by atoms with Crippen LogP contribution in [0.25, 0.3) is 0 Å². The Kier molecular flexibility index (Phi) is 6.60. The molecule has 0 amide bonds. The number of ether oxygens (including phenoxy) is 1. The molecule has 0 aliphatic carbocycles. The summed E-state index contributed by atoms with van der Waals surface area (Å²) in [5, 5.41) is 13.2. The van der Waals surface area contributed by atoms with Crippen molar-refractivity contribution in [2.24, 2.45) is 0 Å². The van der Waals surface area contributed by atoms with Gasteiger partial charge in [-0.15, -0.1) is 0 Å². The van der Waals surface area contributed by atoms with Crippen molar-refractivity contribution in [3.63, 3.8) is 0 Å². The molecule has 6 heteroatoms. The Labute approximate surface area is 177 Å². The van der Waals surface area contributed by atoms with Crippen LogP contribution < -0.4 is 10.1 Å². The Morgan fingerprint density at radius 3 is 2.50 bits per heavy atom. The average Bonchev–Trinajstić information content (AvgIpc) is 2.67. The van der Waals surface area contributed by atoms with Crippen LogP contribution >= 0.6 is 27.5 Å². The van der Waals surface area contributed by atoms with Crippen LogP contribution in [0.4, 0.5) is 5.69 Å². The molecule has 2 N–H and O–H groups in total. The Morgan fingerprint density at radius 2 is 1.82 bits per heavy atom. The Morgan fingerprint density at radius 1 is 1.11 bits per heavy atom. The summed E-state index contributed by atoms with van der Waals surface area (Å²) in [6, 6.07) is 18.6. The molecule has 28 heavy (non-hydrogen) atoms. The molecule has 0 aliphatic rings. The minimum absolute atomic E-state index is 0.303. The number of anilines is 1. The molecule has 0 spiro atoms. The van der Waals surface area contributed by atoms with Crippen molar-refractivity contribution in [2.45, 2.75) is 20.1 Å². The van der Waals surface area contributed by atoms with Gasteiger partial charge in [-0.05, 0) is 75.9 Å². The molecule has 0 saturated heterocycles. The first-order chi connectivity index (χ1) is 13.4. The third-order valence-corrected chi connectivity index (χ3v) is 5.22. The van der Waals surface area contributed by atoms with Gasteiger partial charge in [0, 0.05) is 17.3 Å². The third-order valence-electron chi connectivity index (χ3n) is 4.35. The first-order valence-corrected chi connectivity index (χ1v) is 9.83.